The van der Waals surface area contributed by atoms with Crippen molar-refractivity contribution in [1.82, 2.24) is 0 Å². The predicted molar refractivity (Wildman–Crippen MR) is 60.0 cm³/mol. The lowest BCUT2D eigenvalue weighted by Gasteiger charge is -2.07. The van der Waals surface area contributed by atoms with Gasteiger partial charge >= 0.3 is 0 Å². The smallest absolute Gasteiger partial charge is 0.224 e. The molecule has 3 nitrogen and oxygen atoms in total. The van der Waals surface area contributed by atoms with E-state index in [1.807, 2.05) is 36.3 Å². The van der Waals surface area contributed by atoms with Crippen molar-refractivity contribution in [3.63, 3.8) is 0 Å². The molecular formula is C10H17N2OS+. The Labute approximate surface area is 89.1 Å². The van der Waals surface area contributed by atoms with Gasteiger partial charge < -0.3 is 10.8 Å². The Morgan fingerprint density at radius 2 is 2.29 bits per heavy atom. The van der Waals surface area contributed by atoms with Crippen LogP contribution in [0.5, 0.6) is 0 Å². The molecule has 0 aliphatic carbocycles. The average Bonchev–Trinajstić information content (AvgIpc) is 2.20. The summed E-state index contributed by atoms with van der Waals surface area (Å²) in [6.07, 6.45) is 4.11. The molecule has 1 unspecified atom stereocenters. The van der Waals surface area contributed by atoms with E-state index in [-0.39, 0.29) is 0 Å². The summed E-state index contributed by atoms with van der Waals surface area (Å²) in [6, 6.07) is 1.94. The van der Waals surface area contributed by atoms with Crippen molar-refractivity contribution in [2.45, 2.75) is 26.4 Å². The van der Waals surface area contributed by atoms with Crippen molar-refractivity contribution in [2.24, 2.45) is 0 Å². The van der Waals surface area contributed by atoms with Gasteiger partial charge in [0.05, 0.1) is 0 Å². The maximum Gasteiger partial charge on any atom is 0.224 e. The molecule has 78 valence electrons. The van der Waals surface area contributed by atoms with E-state index in [0.717, 1.165) is 16.9 Å². The molecule has 1 heterocycles. The average molecular weight is 213 g/mol. The number of aliphatic hydroxyl groups is 1. The van der Waals surface area contributed by atoms with Gasteiger partial charge in [0.15, 0.2) is 11.9 Å². The molecule has 0 saturated carbocycles. The first-order chi connectivity index (χ1) is 6.60. The molecule has 0 bridgehead atoms. The highest BCUT2D eigenvalue weighted by Crippen LogP contribution is 2.18. The number of aromatic nitrogens is 1. The molecule has 0 amide bonds. The first-order valence-electron chi connectivity index (χ1n) is 4.64. The van der Waals surface area contributed by atoms with Crippen molar-refractivity contribution in [1.29, 1.82) is 0 Å². The minimum atomic E-state index is -0.415. The molecule has 1 aromatic heterocycles. The lowest BCUT2D eigenvalue weighted by Crippen LogP contribution is -2.32. The van der Waals surface area contributed by atoms with E-state index in [0.29, 0.717) is 6.42 Å². The minimum Gasteiger partial charge on any atom is -0.394 e. The second-order valence-electron chi connectivity index (χ2n) is 3.27. The SMILES string of the molecule is CCC(O)c1cc(C)c(N)c[n+]1SC. The number of aryl methyl sites for hydroxylation is 1. The number of rotatable bonds is 3. The highest BCUT2D eigenvalue weighted by molar-refractivity contribution is 7.92. The van der Waals surface area contributed by atoms with Crippen LogP contribution in [-0.4, -0.2) is 11.4 Å². The van der Waals surface area contributed by atoms with Crippen LogP contribution in [-0.2, 0) is 0 Å². The van der Waals surface area contributed by atoms with Gasteiger partial charge in [0, 0.05) is 12.3 Å². The number of nitrogens with two attached hydrogens (primary N) is 1. The highest BCUT2D eigenvalue weighted by atomic mass is 32.2. The Bertz CT molecular complexity index is 328. The van der Waals surface area contributed by atoms with E-state index in [1.165, 1.54) is 11.9 Å². The number of aliphatic hydroxyl groups excluding tert-OH is 1. The largest absolute Gasteiger partial charge is 0.394 e. The molecule has 0 aliphatic heterocycles. The second-order valence-corrected chi connectivity index (χ2v) is 4.03. The Hall–Kier alpha value is -0.740. The van der Waals surface area contributed by atoms with E-state index in [1.54, 1.807) is 0 Å². The summed E-state index contributed by atoms with van der Waals surface area (Å²) in [5, 5.41) is 9.78. The summed E-state index contributed by atoms with van der Waals surface area (Å²) in [5.41, 5.74) is 8.47. The summed E-state index contributed by atoms with van der Waals surface area (Å²) in [4.78, 5) is 0. The quantitative estimate of drug-likeness (QED) is 0.747. The zero-order chi connectivity index (χ0) is 10.7. The topological polar surface area (TPSA) is 50.1 Å². The lowest BCUT2D eigenvalue weighted by molar-refractivity contribution is -0.509. The molecule has 4 heteroatoms. The van der Waals surface area contributed by atoms with E-state index >= 15 is 0 Å². The standard InChI is InChI=1S/C10H17N2OS/c1-4-10(13)9-5-7(2)8(11)6-12(9)14-3/h5-6,10,13H,4,11H2,1-3H3/q+1. The fourth-order valence-corrected chi connectivity index (χ4v) is 1.89. The van der Waals surface area contributed by atoms with Crippen molar-refractivity contribution in [3.05, 3.63) is 23.5 Å². The summed E-state index contributed by atoms with van der Waals surface area (Å²) < 4.78 is 1.91. The maximum atomic E-state index is 9.78. The van der Waals surface area contributed by atoms with Gasteiger partial charge in [0.25, 0.3) is 0 Å². The fraction of sp³-hybridized carbons (Fsp3) is 0.500. The highest BCUT2D eigenvalue weighted by Gasteiger charge is 2.20. The van der Waals surface area contributed by atoms with E-state index in [9.17, 15) is 5.11 Å². The molecule has 0 spiro atoms. The second kappa shape index (κ2) is 4.66. The predicted octanol–water partition coefficient (Wildman–Crippen LogP) is 1.43. The van der Waals surface area contributed by atoms with Crippen LogP contribution < -0.4 is 9.71 Å². The van der Waals surface area contributed by atoms with Crippen LogP contribution in [0, 0.1) is 6.92 Å². The molecule has 0 aliphatic rings. The van der Waals surface area contributed by atoms with Crippen molar-refractivity contribution >= 4 is 17.6 Å². The van der Waals surface area contributed by atoms with Gasteiger partial charge in [0.1, 0.15) is 11.8 Å². The van der Waals surface area contributed by atoms with Crippen LogP contribution in [0.2, 0.25) is 0 Å². The Morgan fingerprint density at radius 3 is 2.79 bits per heavy atom. The van der Waals surface area contributed by atoms with Gasteiger partial charge in [-0.3, -0.25) is 0 Å². The zero-order valence-electron chi connectivity index (χ0n) is 8.82. The van der Waals surface area contributed by atoms with E-state index in [4.69, 9.17) is 5.73 Å². The molecule has 3 N–H and O–H groups in total. The molecule has 1 atom stereocenters. The van der Waals surface area contributed by atoms with Crippen LogP contribution >= 0.6 is 11.9 Å². The first kappa shape index (κ1) is 11.3. The molecule has 1 rings (SSSR count). The van der Waals surface area contributed by atoms with Crippen LogP contribution in [0.25, 0.3) is 0 Å². The van der Waals surface area contributed by atoms with Gasteiger partial charge in [-0.25, -0.2) is 0 Å². The number of nitrogen functional groups attached to an aromatic ring is 1. The van der Waals surface area contributed by atoms with Crippen LogP contribution in [0.15, 0.2) is 12.3 Å². The van der Waals surface area contributed by atoms with Crippen molar-refractivity contribution in [3.8, 4) is 0 Å². The summed E-state index contributed by atoms with van der Waals surface area (Å²) in [6.45, 7) is 3.91. The number of nitrogens with zero attached hydrogens (tertiary/aromatic N) is 1. The molecule has 14 heavy (non-hydrogen) atoms. The van der Waals surface area contributed by atoms with Gasteiger partial charge in [-0.15, -0.1) is 3.97 Å². The third kappa shape index (κ3) is 2.19. The van der Waals surface area contributed by atoms with Crippen molar-refractivity contribution < 1.29 is 9.08 Å². The van der Waals surface area contributed by atoms with Gasteiger partial charge in [-0.2, -0.15) is 0 Å². The summed E-state index contributed by atoms with van der Waals surface area (Å²) >= 11 is 1.54. The number of hydrogen-bond donors (Lipinski definition) is 2. The Balaban J connectivity index is 3.19. The van der Waals surface area contributed by atoms with Gasteiger partial charge in [-0.05, 0) is 18.9 Å². The maximum absolute atomic E-state index is 9.78. The van der Waals surface area contributed by atoms with Gasteiger partial charge in [-0.1, -0.05) is 6.92 Å². The zero-order valence-corrected chi connectivity index (χ0v) is 9.64. The van der Waals surface area contributed by atoms with Gasteiger partial charge in [0.2, 0.25) is 11.9 Å². The Morgan fingerprint density at radius 1 is 1.64 bits per heavy atom. The molecule has 0 saturated heterocycles. The third-order valence-corrected chi connectivity index (χ3v) is 2.96. The van der Waals surface area contributed by atoms with Crippen LogP contribution in [0.3, 0.4) is 0 Å². The number of anilines is 1. The third-order valence-electron chi connectivity index (χ3n) is 2.26. The minimum absolute atomic E-state index is 0.415. The summed E-state index contributed by atoms with van der Waals surface area (Å²) in [5.74, 6) is 0. The molecule has 0 fully saturated rings. The van der Waals surface area contributed by atoms with E-state index in [2.05, 4.69) is 0 Å². The monoisotopic (exact) mass is 213 g/mol. The van der Waals surface area contributed by atoms with Crippen LogP contribution in [0.1, 0.15) is 30.7 Å². The number of hydrogen-bond acceptors (Lipinski definition) is 3. The number of pyridine rings is 1. The first-order valence-corrected chi connectivity index (χ1v) is 5.82. The van der Waals surface area contributed by atoms with Crippen molar-refractivity contribution in [2.75, 3.05) is 12.0 Å². The lowest BCUT2D eigenvalue weighted by atomic mass is 10.1. The Kier molecular flexibility index (Phi) is 3.77. The molecule has 0 radical (unpaired) electrons. The van der Waals surface area contributed by atoms with E-state index < -0.39 is 6.10 Å². The fourth-order valence-electron chi connectivity index (χ4n) is 1.28. The summed E-state index contributed by atoms with van der Waals surface area (Å²) in [7, 11) is 0. The normalized spacial score (nSPS) is 12.9. The van der Waals surface area contributed by atoms with Crippen LogP contribution in [0.4, 0.5) is 5.69 Å². The molecule has 0 aromatic carbocycles. The molecule has 1 aromatic rings. The molecular weight excluding hydrogens is 196 g/mol.